The summed E-state index contributed by atoms with van der Waals surface area (Å²) in [6, 6.07) is 7.99. The summed E-state index contributed by atoms with van der Waals surface area (Å²) in [6.07, 6.45) is -9.77. The van der Waals surface area contributed by atoms with Crippen molar-refractivity contribution in [3.8, 4) is 0 Å². The van der Waals surface area contributed by atoms with E-state index in [1.165, 1.54) is 0 Å². The predicted octanol–water partition coefficient (Wildman–Crippen LogP) is 5.25. The number of halogens is 6. The molecule has 0 spiro atoms. The Bertz CT molecular complexity index is 936. The van der Waals surface area contributed by atoms with Crippen LogP contribution in [0.5, 0.6) is 0 Å². The summed E-state index contributed by atoms with van der Waals surface area (Å²) in [5, 5.41) is 4.78. The number of anilines is 2. The number of benzene rings is 2. The summed E-state index contributed by atoms with van der Waals surface area (Å²) in [5.74, 6) is -1.60. The molecule has 2 aromatic rings. The Morgan fingerprint density at radius 1 is 1.00 bits per heavy atom. The van der Waals surface area contributed by atoms with Gasteiger partial charge in [-0.15, -0.1) is 0 Å². The molecule has 160 valence electrons. The normalized spacial score (nSPS) is 16.6. The second kappa shape index (κ2) is 8.00. The number of hydrogen-bond acceptors (Lipinski definition) is 2. The van der Waals surface area contributed by atoms with Crippen LogP contribution in [0.25, 0.3) is 0 Å². The molecule has 2 amide bonds. The number of carbonyl (C=O) groups excluding carboxylic acids is 2. The van der Waals surface area contributed by atoms with Gasteiger partial charge in [-0.3, -0.25) is 9.59 Å². The zero-order valence-corrected chi connectivity index (χ0v) is 15.3. The van der Waals surface area contributed by atoms with Gasteiger partial charge in [-0.25, -0.2) is 0 Å². The largest absolute Gasteiger partial charge is 0.416 e. The minimum Gasteiger partial charge on any atom is -0.326 e. The van der Waals surface area contributed by atoms with Gasteiger partial charge in [0, 0.05) is 23.7 Å². The lowest BCUT2D eigenvalue weighted by atomic mass is 9.89. The van der Waals surface area contributed by atoms with E-state index in [0.717, 1.165) is 5.56 Å². The summed E-state index contributed by atoms with van der Waals surface area (Å²) in [5.41, 5.74) is -2.09. The summed E-state index contributed by atoms with van der Waals surface area (Å²) in [4.78, 5) is 24.3. The number of alkyl halides is 6. The van der Waals surface area contributed by atoms with Crippen LogP contribution >= 0.6 is 0 Å². The molecular formula is C20H16F6N2O2. The fourth-order valence-corrected chi connectivity index (χ4v) is 3.20. The van der Waals surface area contributed by atoms with E-state index in [1.54, 1.807) is 18.2 Å². The van der Waals surface area contributed by atoms with Crippen molar-refractivity contribution in [3.63, 3.8) is 0 Å². The number of amides is 2. The van der Waals surface area contributed by atoms with Crippen LogP contribution in [-0.4, -0.2) is 11.8 Å². The van der Waals surface area contributed by atoms with Crippen LogP contribution in [0.2, 0.25) is 0 Å². The van der Waals surface area contributed by atoms with Gasteiger partial charge in [-0.2, -0.15) is 26.3 Å². The molecular weight excluding hydrogens is 414 g/mol. The Morgan fingerprint density at radius 2 is 1.60 bits per heavy atom. The van der Waals surface area contributed by atoms with Crippen LogP contribution < -0.4 is 10.6 Å². The number of hydrogen-bond donors (Lipinski definition) is 2. The molecule has 1 heterocycles. The third-order valence-corrected chi connectivity index (χ3v) is 4.70. The van der Waals surface area contributed by atoms with Gasteiger partial charge in [0.25, 0.3) is 0 Å². The zero-order valence-electron chi connectivity index (χ0n) is 15.3. The maximum Gasteiger partial charge on any atom is 0.416 e. The summed E-state index contributed by atoms with van der Waals surface area (Å²) in [7, 11) is 0. The molecule has 1 aliphatic heterocycles. The van der Waals surface area contributed by atoms with Crippen LogP contribution in [0.15, 0.2) is 42.5 Å². The lowest BCUT2D eigenvalue weighted by molar-refractivity contribution is -0.143. The molecule has 0 aliphatic carbocycles. The van der Waals surface area contributed by atoms with Gasteiger partial charge in [0.05, 0.1) is 11.1 Å². The second-order valence-electron chi connectivity index (χ2n) is 6.93. The van der Waals surface area contributed by atoms with E-state index in [1.807, 2.05) is 6.07 Å². The first kappa shape index (κ1) is 21.7. The molecule has 4 nitrogen and oxygen atoms in total. The van der Waals surface area contributed by atoms with Crippen LogP contribution in [0.3, 0.4) is 0 Å². The maximum absolute atomic E-state index is 12.9. The van der Waals surface area contributed by atoms with Gasteiger partial charge in [-0.05, 0) is 42.7 Å². The molecule has 0 saturated carbocycles. The third kappa shape index (κ3) is 5.11. The minimum atomic E-state index is -5.01. The van der Waals surface area contributed by atoms with Crippen molar-refractivity contribution in [3.05, 3.63) is 59.2 Å². The first-order valence-electron chi connectivity index (χ1n) is 8.91. The Morgan fingerprint density at radius 3 is 2.20 bits per heavy atom. The van der Waals surface area contributed by atoms with Crippen molar-refractivity contribution in [2.24, 2.45) is 5.92 Å². The molecule has 1 atom stereocenters. The molecule has 30 heavy (non-hydrogen) atoms. The minimum absolute atomic E-state index is 0.0144. The lowest BCUT2D eigenvalue weighted by Crippen LogP contribution is -2.30. The standard InChI is InChI=1S/C20H16F6N2O2/c21-19(22,23)13-8-14(20(24,25)26)10-15(9-13)27-17(29)6-5-12-7-11-3-1-2-4-16(11)28-18(12)30/h1-4,8-10,12H,5-7H2,(H,27,29)(H,28,30). The SMILES string of the molecule is O=C(CCC1Cc2ccccc2NC1=O)Nc1cc(C(F)(F)F)cc(C(F)(F)F)c1. The second-order valence-corrected chi connectivity index (χ2v) is 6.93. The highest BCUT2D eigenvalue weighted by Crippen LogP contribution is 2.37. The maximum atomic E-state index is 12.9. The van der Waals surface area contributed by atoms with Gasteiger partial charge < -0.3 is 10.6 Å². The average Bonchev–Trinajstić information content (AvgIpc) is 2.64. The smallest absolute Gasteiger partial charge is 0.326 e. The van der Waals surface area contributed by atoms with E-state index in [9.17, 15) is 35.9 Å². The van der Waals surface area contributed by atoms with Crippen molar-refractivity contribution < 1.29 is 35.9 Å². The van der Waals surface area contributed by atoms with Crippen molar-refractivity contribution in [1.82, 2.24) is 0 Å². The molecule has 1 unspecified atom stereocenters. The van der Waals surface area contributed by atoms with E-state index >= 15 is 0 Å². The molecule has 2 aromatic carbocycles. The number of carbonyl (C=O) groups is 2. The van der Waals surface area contributed by atoms with Gasteiger partial charge in [-0.1, -0.05) is 18.2 Å². The molecule has 3 rings (SSSR count). The molecule has 1 aliphatic rings. The van der Waals surface area contributed by atoms with E-state index in [0.29, 0.717) is 24.2 Å². The number of fused-ring (bicyclic) bond motifs is 1. The van der Waals surface area contributed by atoms with Crippen molar-refractivity contribution in [2.75, 3.05) is 10.6 Å². The highest BCUT2D eigenvalue weighted by molar-refractivity contribution is 5.96. The number of rotatable bonds is 4. The quantitative estimate of drug-likeness (QED) is 0.651. The molecule has 2 N–H and O–H groups in total. The number of para-hydroxylation sites is 1. The van der Waals surface area contributed by atoms with Gasteiger partial charge in [0.2, 0.25) is 11.8 Å². The van der Waals surface area contributed by atoms with Crippen LogP contribution in [0.1, 0.15) is 29.5 Å². The highest BCUT2D eigenvalue weighted by Gasteiger charge is 2.37. The van der Waals surface area contributed by atoms with E-state index in [4.69, 9.17) is 0 Å². The molecule has 0 radical (unpaired) electrons. The lowest BCUT2D eigenvalue weighted by Gasteiger charge is -2.24. The van der Waals surface area contributed by atoms with Gasteiger partial charge in [0.1, 0.15) is 0 Å². The highest BCUT2D eigenvalue weighted by atomic mass is 19.4. The predicted molar refractivity (Wildman–Crippen MR) is 96.6 cm³/mol. The molecule has 0 bridgehead atoms. The van der Waals surface area contributed by atoms with Gasteiger partial charge in [0.15, 0.2) is 0 Å². The number of nitrogens with one attached hydrogen (secondary N) is 2. The fourth-order valence-electron chi connectivity index (χ4n) is 3.20. The Balaban J connectivity index is 1.68. The van der Waals surface area contributed by atoms with E-state index in [2.05, 4.69) is 10.6 Å². The summed E-state index contributed by atoms with van der Waals surface area (Å²) in [6.45, 7) is 0. The molecule has 10 heteroatoms. The van der Waals surface area contributed by atoms with Crippen LogP contribution in [-0.2, 0) is 28.4 Å². The third-order valence-electron chi connectivity index (χ3n) is 4.70. The Kier molecular flexibility index (Phi) is 5.78. The van der Waals surface area contributed by atoms with Crippen molar-refractivity contribution in [1.29, 1.82) is 0 Å². The Hall–Kier alpha value is -3.04. The Labute approximate surface area is 167 Å². The van der Waals surface area contributed by atoms with Gasteiger partial charge >= 0.3 is 12.4 Å². The monoisotopic (exact) mass is 430 g/mol. The van der Waals surface area contributed by atoms with Crippen LogP contribution in [0, 0.1) is 5.92 Å². The first-order valence-corrected chi connectivity index (χ1v) is 8.91. The topological polar surface area (TPSA) is 58.2 Å². The first-order chi connectivity index (χ1) is 13.9. The fraction of sp³-hybridized carbons (Fsp3) is 0.300. The summed E-state index contributed by atoms with van der Waals surface area (Å²) >= 11 is 0. The van der Waals surface area contributed by atoms with E-state index in [-0.39, 0.29) is 24.8 Å². The molecule has 0 fully saturated rings. The zero-order chi connectivity index (χ0) is 22.1. The summed E-state index contributed by atoms with van der Waals surface area (Å²) < 4.78 is 77.4. The van der Waals surface area contributed by atoms with Crippen molar-refractivity contribution in [2.45, 2.75) is 31.6 Å². The average molecular weight is 430 g/mol. The van der Waals surface area contributed by atoms with E-state index < -0.39 is 41.0 Å². The van der Waals surface area contributed by atoms with Crippen molar-refractivity contribution >= 4 is 23.2 Å². The van der Waals surface area contributed by atoms with Crippen LogP contribution in [0.4, 0.5) is 37.7 Å². The molecule has 0 aromatic heterocycles. The molecule has 0 saturated heterocycles.